The Hall–Kier alpha value is -0.780. The summed E-state index contributed by atoms with van der Waals surface area (Å²) in [6.45, 7) is 9.32. The van der Waals surface area contributed by atoms with Crippen molar-refractivity contribution in [2.75, 3.05) is 33.4 Å². The van der Waals surface area contributed by atoms with Crippen LogP contribution in [0.25, 0.3) is 0 Å². The Morgan fingerprint density at radius 1 is 1.35 bits per heavy atom. The second-order valence-corrected chi connectivity index (χ2v) is 6.87. The highest BCUT2D eigenvalue weighted by atomic mass is 79.9. The number of hydrogen-bond acceptors (Lipinski definition) is 4. The van der Waals surface area contributed by atoms with Gasteiger partial charge >= 0.3 is 0 Å². The molecular formula is C18H29BrN2O2. The van der Waals surface area contributed by atoms with E-state index in [0.717, 1.165) is 42.0 Å². The second-order valence-electron chi connectivity index (χ2n) is 6.01. The number of likely N-dealkylation sites (N-methyl/N-ethyl adjacent to an activating group) is 1. The highest BCUT2D eigenvalue weighted by molar-refractivity contribution is 9.10. The molecule has 0 aliphatic carbocycles. The summed E-state index contributed by atoms with van der Waals surface area (Å²) < 4.78 is 12.2. The van der Waals surface area contributed by atoms with Crippen LogP contribution in [0.3, 0.4) is 0 Å². The van der Waals surface area contributed by atoms with Crippen LogP contribution in [0.4, 0.5) is 0 Å². The van der Waals surface area contributed by atoms with Gasteiger partial charge in [0, 0.05) is 19.1 Å². The van der Waals surface area contributed by atoms with E-state index in [-0.39, 0.29) is 0 Å². The Balaban J connectivity index is 1.93. The van der Waals surface area contributed by atoms with Crippen LogP contribution in [0.15, 0.2) is 16.6 Å². The molecule has 1 aromatic rings. The Kier molecular flexibility index (Phi) is 7.66. The molecule has 0 radical (unpaired) electrons. The van der Waals surface area contributed by atoms with E-state index in [1.54, 1.807) is 7.11 Å². The van der Waals surface area contributed by atoms with Crippen molar-refractivity contribution in [1.82, 2.24) is 10.2 Å². The molecule has 5 heteroatoms. The summed E-state index contributed by atoms with van der Waals surface area (Å²) in [5, 5.41) is 3.59. The average Bonchev–Trinajstić information content (AvgIpc) is 3.01. The van der Waals surface area contributed by atoms with Crippen LogP contribution >= 0.6 is 15.9 Å². The molecule has 1 fully saturated rings. The first-order chi connectivity index (χ1) is 11.2. The van der Waals surface area contributed by atoms with Crippen LogP contribution in [0, 0.1) is 0 Å². The van der Waals surface area contributed by atoms with Crippen molar-refractivity contribution in [2.24, 2.45) is 0 Å². The number of methoxy groups -OCH3 is 1. The predicted octanol–water partition coefficient (Wildman–Crippen LogP) is 3.82. The zero-order chi connectivity index (χ0) is 16.7. The molecule has 1 saturated heterocycles. The summed E-state index contributed by atoms with van der Waals surface area (Å²) in [6, 6.07) is 4.86. The van der Waals surface area contributed by atoms with Crippen molar-refractivity contribution in [2.45, 2.75) is 45.7 Å². The van der Waals surface area contributed by atoms with Crippen molar-refractivity contribution in [1.29, 1.82) is 0 Å². The maximum atomic E-state index is 5.78. The standard InChI is InChI=1S/C18H29BrN2O2/c1-4-9-23-18-16(19)10-14(11-17(18)22-3)12-20-13-15-7-6-8-21(15)5-2/h10-11,15,20H,4-9,12-13H2,1-3H3/t15-/m0/s1. The van der Waals surface area contributed by atoms with Gasteiger partial charge in [-0.1, -0.05) is 13.8 Å². The minimum atomic E-state index is 0.678. The molecule has 0 unspecified atom stereocenters. The molecule has 1 N–H and O–H groups in total. The molecule has 23 heavy (non-hydrogen) atoms. The Labute approximate surface area is 148 Å². The lowest BCUT2D eigenvalue weighted by Crippen LogP contribution is -2.37. The van der Waals surface area contributed by atoms with Crippen molar-refractivity contribution in [3.63, 3.8) is 0 Å². The van der Waals surface area contributed by atoms with E-state index < -0.39 is 0 Å². The van der Waals surface area contributed by atoms with Crippen molar-refractivity contribution in [3.05, 3.63) is 22.2 Å². The number of ether oxygens (including phenoxy) is 2. The van der Waals surface area contributed by atoms with Gasteiger partial charge in [0.2, 0.25) is 0 Å². The first-order valence-corrected chi connectivity index (χ1v) is 9.42. The third-order valence-corrected chi connectivity index (χ3v) is 4.94. The molecule has 0 amide bonds. The minimum Gasteiger partial charge on any atom is -0.493 e. The minimum absolute atomic E-state index is 0.678. The fourth-order valence-electron chi connectivity index (χ4n) is 3.15. The highest BCUT2D eigenvalue weighted by Gasteiger charge is 2.22. The van der Waals surface area contributed by atoms with Gasteiger partial charge in [-0.15, -0.1) is 0 Å². The number of halogens is 1. The van der Waals surface area contributed by atoms with Gasteiger partial charge in [0.05, 0.1) is 18.2 Å². The lowest BCUT2D eigenvalue weighted by atomic mass is 10.1. The quantitative estimate of drug-likeness (QED) is 0.701. The maximum Gasteiger partial charge on any atom is 0.175 e. The van der Waals surface area contributed by atoms with E-state index in [1.807, 2.05) is 0 Å². The number of benzene rings is 1. The molecule has 4 nitrogen and oxygen atoms in total. The third kappa shape index (κ3) is 5.10. The Bertz CT molecular complexity index is 496. The number of rotatable bonds is 9. The Morgan fingerprint density at radius 2 is 2.17 bits per heavy atom. The topological polar surface area (TPSA) is 33.7 Å². The molecule has 0 spiro atoms. The monoisotopic (exact) mass is 384 g/mol. The summed E-state index contributed by atoms with van der Waals surface area (Å²) in [5.41, 5.74) is 1.21. The first-order valence-electron chi connectivity index (χ1n) is 8.63. The molecule has 1 aliphatic heterocycles. The third-order valence-electron chi connectivity index (χ3n) is 4.35. The zero-order valence-electron chi connectivity index (χ0n) is 14.5. The van der Waals surface area contributed by atoms with Crippen LogP contribution < -0.4 is 14.8 Å². The van der Waals surface area contributed by atoms with Gasteiger partial charge in [0.15, 0.2) is 11.5 Å². The second kappa shape index (κ2) is 9.50. The summed E-state index contributed by atoms with van der Waals surface area (Å²) in [6.07, 6.45) is 3.61. The van der Waals surface area contributed by atoms with E-state index in [4.69, 9.17) is 9.47 Å². The van der Waals surface area contributed by atoms with Crippen molar-refractivity contribution in [3.8, 4) is 11.5 Å². The van der Waals surface area contributed by atoms with E-state index in [1.165, 1.54) is 24.9 Å². The largest absolute Gasteiger partial charge is 0.493 e. The predicted molar refractivity (Wildman–Crippen MR) is 98.5 cm³/mol. The SMILES string of the molecule is CCCOc1c(Br)cc(CNC[C@@H]2CCCN2CC)cc1OC. The molecule has 0 saturated carbocycles. The molecule has 1 heterocycles. The van der Waals surface area contributed by atoms with Crippen LogP contribution in [-0.4, -0.2) is 44.3 Å². The lowest BCUT2D eigenvalue weighted by molar-refractivity contribution is 0.260. The maximum absolute atomic E-state index is 5.78. The van der Waals surface area contributed by atoms with Gasteiger partial charge in [-0.05, 0) is 66.0 Å². The molecule has 130 valence electrons. The van der Waals surface area contributed by atoms with Crippen LogP contribution in [0.2, 0.25) is 0 Å². The molecule has 0 bridgehead atoms. The van der Waals surface area contributed by atoms with Crippen molar-refractivity contribution < 1.29 is 9.47 Å². The van der Waals surface area contributed by atoms with E-state index in [9.17, 15) is 0 Å². The summed E-state index contributed by atoms with van der Waals surface area (Å²) >= 11 is 3.61. The summed E-state index contributed by atoms with van der Waals surface area (Å²) in [4.78, 5) is 2.56. The van der Waals surface area contributed by atoms with Crippen LogP contribution in [-0.2, 0) is 6.54 Å². The molecule has 2 rings (SSSR count). The van der Waals surface area contributed by atoms with Gasteiger partial charge in [0.25, 0.3) is 0 Å². The van der Waals surface area contributed by atoms with Crippen molar-refractivity contribution >= 4 is 15.9 Å². The fourth-order valence-corrected chi connectivity index (χ4v) is 3.75. The average molecular weight is 385 g/mol. The highest BCUT2D eigenvalue weighted by Crippen LogP contribution is 2.36. The molecule has 1 aliphatic rings. The fraction of sp³-hybridized carbons (Fsp3) is 0.667. The van der Waals surface area contributed by atoms with Crippen LogP contribution in [0.1, 0.15) is 38.7 Å². The molecule has 0 aromatic heterocycles. The first kappa shape index (κ1) is 18.6. The molecule has 1 atom stereocenters. The Morgan fingerprint density at radius 3 is 2.87 bits per heavy atom. The number of nitrogens with zero attached hydrogens (tertiary/aromatic N) is 1. The number of hydrogen-bond donors (Lipinski definition) is 1. The van der Waals surface area contributed by atoms with Gasteiger partial charge in [-0.25, -0.2) is 0 Å². The van der Waals surface area contributed by atoms with E-state index in [0.29, 0.717) is 12.6 Å². The van der Waals surface area contributed by atoms with Crippen LogP contribution in [0.5, 0.6) is 11.5 Å². The number of nitrogens with one attached hydrogen (secondary N) is 1. The van der Waals surface area contributed by atoms with E-state index >= 15 is 0 Å². The van der Waals surface area contributed by atoms with Gasteiger partial charge in [-0.2, -0.15) is 0 Å². The summed E-state index contributed by atoms with van der Waals surface area (Å²) in [7, 11) is 1.69. The van der Waals surface area contributed by atoms with Gasteiger partial charge in [0.1, 0.15) is 0 Å². The van der Waals surface area contributed by atoms with Gasteiger partial charge < -0.3 is 14.8 Å². The molecular weight excluding hydrogens is 356 g/mol. The number of likely N-dealkylation sites (tertiary alicyclic amines) is 1. The van der Waals surface area contributed by atoms with E-state index in [2.05, 4.69) is 52.1 Å². The lowest BCUT2D eigenvalue weighted by Gasteiger charge is -2.23. The smallest absolute Gasteiger partial charge is 0.175 e. The normalized spacial score (nSPS) is 18.3. The molecule has 1 aromatic carbocycles. The zero-order valence-corrected chi connectivity index (χ0v) is 16.1. The van der Waals surface area contributed by atoms with Gasteiger partial charge in [-0.3, -0.25) is 4.90 Å². The summed E-state index contributed by atoms with van der Waals surface area (Å²) in [5.74, 6) is 1.59.